The normalized spacial score (nSPS) is 28.2. The van der Waals surface area contributed by atoms with E-state index in [0.717, 1.165) is 64.2 Å². The van der Waals surface area contributed by atoms with Crippen molar-refractivity contribution in [2.45, 2.75) is 64.8 Å². The number of aromatic nitrogens is 1. The van der Waals surface area contributed by atoms with Gasteiger partial charge in [0.25, 0.3) is 0 Å². The Kier molecular flexibility index (Phi) is 8.73. The smallest absolute Gasteiger partial charge is 0.171 e. The van der Waals surface area contributed by atoms with Crippen LogP contribution >= 0.6 is 0 Å². The molecule has 4 aliphatic rings. The van der Waals surface area contributed by atoms with Gasteiger partial charge in [-0.25, -0.2) is 0 Å². The summed E-state index contributed by atoms with van der Waals surface area (Å²) in [5.41, 5.74) is 1.70. The van der Waals surface area contributed by atoms with Gasteiger partial charge in [0.05, 0.1) is 13.2 Å². The van der Waals surface area contributed by atoms with Gasteiger partial charge in [-0.2, -0.15) is 4.57 Å². The highest BCUT2D eigenvalue weighted by Crippen LogP contribution is 2.56. The number of hydrogen-bond donors (Lipinski definition) is 0. The summed E-state index contributed by atoms with van der Waals surface area (Å²) >= 11 is 0. The number of carboxylic acids is 1. The van der Waals surface area contributed by atoms with Gasteiger partial charge in [-0.05, 0) is 57.8 Å². The van der Waals surface area contributed by atoms with E-state index in [0.29, 0.717) is 5.54 Å². The third-order valence-electron chi connectivity index (χ3n) is 7.15. The first-order chi connectivity index (χ1) is 15.0. The molecule has 0 unspecified atom stereocenters. The van der Waals surface area contributed by atoms with Crippen LogP contribution in [-0.4, -0.2) is 45.5 Å². The molecule has 4 aliphatic carbocycles. The van der Waals surface area contributed by atoms with E-state index in [1.807, 2.05) is 0 Å². The molecule has 5 rings (SSSR count). The minimum Gasteiger partial charge on any atom is -0.550 e. The highest BCUT2D eigenvalue weighted by molar-refractivity contribution is 5.60. The van der Waals surface area contributed by atoms with Gasteiger partial charge >= 0.3 is 0 Å². The Hall–Kier alpha value is -1.66. The molecule has 6 nitrogen and oxygen atoms in total. The topological polar surface area (TPSA) is 65.7 Å². The predicted molar refractivity (Wildman–Crippen MR) is 119 cm³/mol. The van der Waals surface area contributed by atoms with Gasteiger partial charge < -0.3 is 24.3 Å². The molecule has 4 saturated carbocycles. The number of carbonyl (C=O) groups is 1. The standard InChI is InChI=1S/C23H37N2O2.C2H4O2/c1-3-26-11-9-24(10-12-27-4-2)22-5-7-25(8-6-22)23-16-19-13-20(17-23)15-21(14-19)18-23;1-2(3)4/h5-8,19-21H,3-4,9-18H2,1-2H3;1H3,(H,3,4)/q+1;/p-1. The minimum atomic E-state index is -1.08. The van der Waals surface area contributed by atoms with Crippen LogP contribution in [0.5, 0.6) is 0 Å². The van der Waals surface area contributed by atoms with Crippen LogP contribution in [0.25, 0.3) is 0 Å². The van der Waals surface area contributed by atoms with Crippen LogP contribution in [-0.2, 0) is 19.8 Å². The fourth-order valence-electron chi connectivity index (χ4n) is 6.33. The average molecular weight is 433 g/mol. The monoisotopic (exact) mass is 432 g/mol. The first-order valence-corrected chi connectivity index (χ1v) is 12.1. The summed E-state index contributed by atoms with van der Waals surface area (Å²) < 4.78 is 13.8. The van der Waals surface area contributed by atoms with Gasteiger partial charge in [0.1, 0.15) is 0 Å². The average Bonchev–Trinajstić information content (AvgIpc) is 2.72. The summed E-state index contributed by atoms with van der Waals surface area (Å²) in [6, 6.07) is 4.63. The van der Waals surface area contributed by atoms with Crippen molar-refractivity contribution in [2.75, 3.05) is 44.4 Å². The molecule has 31 heavy (non-hydrogen) atoms. The van der Waals surface area contributed by atoms with Gasteiger partial charge in [-0.15, -0.1) is 0 Å². The molecule has 0 amide bonds. The lowest BCUT2D eigenvalue weighted by atomic mass is 9.53. The van der Waals surface area contributed by atoms with Crippen molar-refractivity contribution in [1.29, 1.82) is 0 Å². The summed E-state index contributed by atoms with van der Waals surface area (Å²) in [5.74, 6) is 1.87. The van der Waals surface area contributed by atoms with Crippen molar-refractivity contribution in [3.63, 3.8) is 0 Å². The molecule has 0 N–H and O–H groups in total. The highest BCUT2D eigenvalue weighted by Gasteiger charge is 2.56. The minimum absolute atomic E-state index is 0.411. The Morgan fingerprint density at radius 3 is 1.81 bits per heavy atom. The van der Waals surface area contributed by atoms with Crippen molar-refractivity contribution in [3.8, 4) is 0 Å². The summed E-state index contributed by atoms with van der Waals surface area (Å²) in [5, 5.41) is 8.89. The van der Waals surface area contributed by atoms with E-state index in [-0.39, 0.29) is 0 Å². The first-order valence-electron chi connectivity index (χ1n) is 12.1. The number of anilines is 1. The first kappa shape index (κ1) is 24.0. The summed E-state index contributed by atoms with van der Waals surface area (Å²) in [6.07, 6.45) is 13.4. The van der Waals surface area contributed by atoms with Gasteiger partial charge in [0.2, 0.25) is 0 Å². The van der Waals surface area contributed by atoms with E-state index < -0.39 is 5.97 Å². The molecular weight excluding hydrogens is 392 g/mol. The second-order valence-corrected chi connectivity index (χ2v) is 9.48. The van der Waals surface area contributed by atoms with E-state index in [2.05, 4.69) is 47.8 Å². The molecule has 1 heterocycles. The molecule has 4 bridgehead atoms. The maximum absolute atomic E-state index is 8.89. The van der Waals surface area contributed by atoms with Gasteiger partial charge in [-0.1, -0.05) is 0 Å². The molecule has 6 heteroatoms. The zero-order valence-electron chi connectivity index (χ0n) is 19.6. The zero-order valence-corrected chi connectivity index (χ0v) is 19.6. The lowest BCUT2D eigenvalue weighted by Gasteiger charge is -2.53. The van der Waals surface area contributed by atoms with Crippen LogP contribution < -0.4 is 14.6 Å². The number of pyridine rings is 1. The third-order valence-corrected chi connectivity index (χ3v) is 7.15. The summed E-state index contributed by atoms with van der Waals surface area (Å²) in [6.45, 7) is 10.0. The second-order valence-electron chi connectivity index (χ2n) is 9.48. The number of ether oxygens (including phenoxy) is 2. The zero-order chi connectivity index (χ0) is 22.3. The van der Waals surface area contributed by atoms with Crippen LogP contribution in [0, 0.1) is 17.8 Å². The van der Waals surface area contributed by atoms with Crippen LogP contribution in [0.4, 0.5) is 5.69 Å². The van der Waals surface area contributed by atoms with Gasteiger partial charge in [0, 0.05) is 69.4 Å². The molecule has 0 aliphatic heterocycles. The molecule has 1 aromatic heterocycles. The Bertz CT molecular complexity index is 642. The SMILES string of the molecule is CC(=O)[O-].CCOCCN(CCOCC)c1cc[n+](C23CC4CC(CC(C4)C2)C3)cc1. The van der Waals surface area contributed by atoms with Crippen LogP contribution in [0.2, 0.25) is 0 Å². The van der Waals surface area contributed by atoms with E-state index >= 15 is 0 Å². The van der Waals surface area contributed by atoms with E-state index in [9.17, 15) is 0 Å². The molecule has 174 valence electrons. The second kappa shape index (κ2) is 11.3. The molecule has 0 spiro atoms. The lowest BCUT2D eigenvalue weighted by Crippen LogP contribution is -2.64. The maximum atomic E-state index is 8.89. The lowest BCUT2D eigenvalue weighted by molar-refractivity contribution is -0.776. The predicted octanol–water partition coefficient (Wildman–Crippen LogP) is 2.54. The molecule has 4 fully saturated rings. The Labute approximate surface area is 187 Å². The van der Waals surface area contributed by atoms with Crippen molar-refractivity contribution in [3.05, 3.63) is 24.5 Å². The number of nitrogens with zero attached hydrogens (tertiary/aromatic N) is 2. The Morgan fingerprint density at radius 1 is 1.00 bits per heavy atom. The Morgan fingerprint density at radius 2 is 1.42 bits per heavy atom. The number of carboxylic acid groups (broad SMARTS) is 1. The molecule has 0 aromatic carbocycles. The number of rotatable bonds is 10. The molecular formula is C25H40N2O4. The van der Waals surface area contributed by atoms with Crippen LogP contribution in [0.3, 0.4) is 0 Å². The fraction of sp³-hybridized carbons (Fsp3) is 0.760. The summed E-state index contributed by atoms with van der Waals surface area (Å²) in [7, 11) is 0. The number of aliphatic carboxylic acids is 1. The number of hydrogen-bond acceptors (Lipinski definition) is 5. The van der Waals surface area contributed by atoms with Crippen LogP contribution in [0.15, 0.2) is 24.5 Å². The number of carbonyl (C=O) groups excluding carboxylic acids is 1. The van der Waals surface area contributed by atoms with E-state index in [1.165, 1.54) is 44.2 Å². The van der Waals surface area contributed by atoms with Crippen molar-refractivity contribution >= 4 is 11.7 Å². The molecule has 0 saturated heterocycles. The van der Waals surface area contributed by atoms with E-state index in [1.54, 1.807) is 0 Å². The molecule has 1 aromatic rings. The van der Waals surface area contributed by atoms with Crippen molar-refractivity contribution < 1.29 is 23.9 Å². The maximum Gasteiger partial charge on any atom is 0.171 e. The third kappa shape index (κ3) is 6.42. The quantitative estimate of drug-likeness (QED) is 0.420. The van der Waals surface area contributed by atoms with Gasteiger partial charge in [0.15, 0.2) is 17.9 Å². The largest absolute Gasteiger partial charge is 0.550 e. The van der Waals surface area contributed by atoms with Crippen molar-refractivity contribution in [2.24, 2.45) is 17.8 Å². The highest BCUT2D eigenvalue weighted by atomic mass is 16.5. The summed E-state index contributed by atoms with van der Waals surface area (Å²) in [4.78, 5) is 11.3. The van der Waals surface area contributed by atoms with Gasteiger partial charge in [-0.3, -0.25) is 0 Å². The fourth-order valence-corrected chi connectivity index (χ4v) is 6.33. The molecule has 0 atom stereocenters. The van der Waals surface area contributed by atoms with E-state index in [4.69, 9.17) is 19.4 Å². The molecule has 0 radical (unpaired) electrons. The van der Waals surface area contributed by atoms with Crippen LogP contribution in [0.1, 0.15) is 59.3 Å². The van der Waals surface area contributed by atoms with Crippen molar-refractivity contribution in [1.82, 2.24) is 0 Å². The Balaban J connectivity index is 0.000000628.